The number of amides is 1. The standard InChI is InChI=1S/C13H24N2O2/c1-9-3-5-11(6-4-9)15-13(16)12-10(2)17-8-7-14-12/h9-12,14H,3-8H2,1-2H3,(H,15,16)/t9?,10-,11?,12+/m1/s1. The highest BCUT2D eigenvalue weighted by Crippen LogP contribution is 2.23. The van der Waals surface area contributed by atoms with Gasteiger partial charge in [0.05, 0.1) is 12.7 Å². The molecule has 0 spiro atoms. The minimum Gasteiger partial charge on any atom is -0.375 e. The maximum absolute atomic E-state index is 12.1. The Morgan fingerprint density at radius 3 is 2.59 bits per heavy atom. The zero-order valence-electron chi connectivity index (χ0n) is 10.9. The second-order valence-corrected chi connectivity index (χ2v) is 5.47. The molecule has 1 saturated carbocycles. The Kier molecular flexibility index (Phi) is 4.40. The Morgan fingerprint density at radius 1 is 1.24 bits per heavy atom. The Labute approximate surface area is 103 Å². The summed E-state index contributed by atoms with van der Waals surface area (Å²) >= 11 is 0. The van der Waals surface area contributed by atoms with Gasteiger partial charge >= 0.3 is 0 Å². The average molecular weight is 240 g/mol. The van der Waals surface area contributed by atoms with Crippen LogP contribution in [-0.4, -0.2) is 37.2 Å². The van der Waals surface area contributed by atoms with Crippen LogP contribution in [0.25, 0.3) is 0 Å². The van der Waals surface area contributed by atoms with E-state index < -0.39 is 0 Å². The topological polar surface area (TPSA) is 50.4 Å². The van der Waals surface area contributed by atoms with Gasteiger partial charge in [-0.3, -0.25) is 4.79 Å². The summed E-state index contributed by atoms with van der Waals surface area (Å²) in [6.45, 7) is 5.71. The molecule has 0 aromatic carbocycles. The molecule has 4 nitrogen and oxygen atoms in total. The molecule has 98 valence electrons. The van der Waals surface area contributed by atoms with Gasteiger partial charge in [-0.05, 0) is 38.5 Å². The number of hydrogen-bond acceptors (Lipinski definition) is 3. The first kappa shape index (κ1) is 12.8. The van der Waals surface area contributed by atoms with E-state index >= 15 is 0 Å². The normalized spacial score (nSPS) is 38.7. The molecule has 1 amide bonds. The van der Waals surface area contributed by atoms with Crippen molar-refractivity contribution in [1.29, 1.82) is 0 Å². The van der Waals surface area contributed by atoms with E-state index in [0.29, 0.717) is 12.6 Å². The van der Waals surface area contributed by atoms with Crippen molar-refractivity contribution in [2.45, 2.75) is 57.7 Å². The van der Waals surface area contributed by atoms with Crippen molar-refractivity contribution in [3.63, 3.8) is 0 Å². The molecule has 2 rings (SSSR count). The second kappa shape index (κ2) is 5.83. The number of hydrogen-bond donors (Lipinski definition) is 2. The Hall–Kier alpha value is -0.610. The SMILES string of the molecule is CC1CCC(NC(=O)[C@H]2NCCO[C@@H]2C)CC1. The molecule has 1 saturated heterocycles. The van der Waals surface area contributed by atoms with Crippen LogP contribution in [0.1, 0.15) is 39.5 Å². The fourth-order valence-corrected chi connectivity index (χ4v) is 2.72. The summed E-state index contributed by atoms with van der Waals surface area (Å²) in [7, 11) is 0. The summed E-state index contributed by atoms with van der Waals surface area (Å²) in [5, 5.41) is 6.39. The molecule has 17 heavy (non-hydrogen) atoms. The fraction of sp³-hybridized carbons (Fsp3) is 0.923. The molecule has 2 atom stereocenters. The van der Waals surface area contributed by atoms with Crippen molar-refractivity contribution in [3.8, 4) is 0 Å². The largest absolute Gasteiger partial charge is 0.375 e. The third-order valence-corrected chi connectivity index (χ3v) is 3.96. The van der Waals surface area contributed by atoms with E-state index in [1.54, 1.807) is 0 Å². The molecule has 0 bridgehead atoms. The quantitative estimate of drug-likeness (QED) is 0.759. The van der Waals surface area contributed by atoms with Gasteiger partial charge in [0.25, 0.3) is 0 Å². The summed E-state index contributed by atoms with van der Waals surface area (Å²) in [6.07, 6.45) is 4.68. The predicted molar refractivity (Wildman–Crippen MR) is 66.8 cm³/mol. The molecule has 0 unspecified atom stereocenters. The molecule has 1 aliphatic heterocycles. The zero-order valence-corrected chi connectivity index (χ0v) is 10.9. The van der Waals surface area contributed by atoms with Crippen molar-refractivity contribution in [1.82, 2.24) is 10.6 Å². The molecule has 0 radical (unpaired) electrons. The van der Waals surface area contributed by atoms with Crippen molar-refractivity contribution in [2.24, 2.45) is 5.92 Å². The highest BCUT2D eigenvalue weighted by molar-refractivity contribution is 5.82. The zero-order chi connectivity index (χ0) is 12.3. The lowest BCUT2D eigenvalue weighted by atomic mass is 9.87. The van der Waals surface area contributed by atoms with E-state index in [-0.39, 0.29) is 18.1 Å². The van der Waals surface area contributed by atoms with Gasteiger partial charge < -0.3 is 15.4 Å². The number of rotatable bonds is 2. The summed E-state index contributed by atoms with van der Waals surface area (Å²) < 4.78 is 5.49. The molecular weight excluding hydrogens is 216 g/mol. The lowest BCUT2D eigenvalue weighted by Gasteiger charge is -2.32. The highest BCUT2D eigenvalue weighted by Gasteiger charge is 2.30. The van der Waals surface area contributed by atoms with Crippen LogP contribution >= 0.6 is 0 Å². The molecule has 0 aromatic heterocycles. The third-order valence-electron chi connectivity index (χ3n) is 3.96. The van der Waals surface area contributed by atoms with Crippen LogP contribution < -0.4 is 10.6 Å². The highest BCUT2D eigenvalue weighted by atomic mass is 16.5. The van der Waals surface area contributed by atoms with Gasteiger partial charge in [-0.15, -0.1) is 0 Å². The lowest BCUT2D eigenvalue weighted by Crippen LogP contribution is -2.57. The summed E-state index contributed by atoms with van der Waals surface area (Å²) in [4.78, 5) is 12.1. The molecule has 2 aliphatic rings. The molecule has 2 N–H and O–H groups in total. The smallest absolute Gasteiger partial charge is 0.240 e. The Balaban J connectivity index is 1.79. The maximum atomic E-state index is 12.1. The van der Waals surface area contributed by atoms with Crippen LogP contribution in [0.3, 0.4) is 0 Å². The van der Waals surface area contributed by atoms with Crippen molar-refractivity contribution in [2.75, 3.05) is 13.2 Å². The van der Waals surface area contributed by atoms with Crippen molar-refractivity contribution >= 4 is 5.91 Å². The molecule has 1 aliphatic carbocycles. The second-order valence-electron chi connectivity index (χ2n) is 5.47. The van der Waals surface area contributed by atoms with Crippen LogP contribution in [-0.2, 0) is 9.53 Å². The Morgan fingerprint density at radius 2 is 1.94 bits per heavy atom. The number of morpholine rings is 1. The molecule has 0 aromatic rings. The van der Waals surface area contributed by atoms with Gasteiger partial charge in [-0.25, -0.2) is 0 Å². The first-order chi connectivity index (χ1) is 8.16. The van der Waals surface area contributed by atoms with Crippen molar-refractivity contribution in [3.05, 3.63) is 0 Å². The van der Waals surface area contributed by atoms with Gasteiger partial charge in [0.15, 0.2) is 0 Å². The molecule has 4 heteroatoms. The van der Waals surface area contributed by atoms with Crippen LogP contribution in [0.4, 0.5) is 0 Å². The summed E-state index contributed by atoms with van der Waals surface area (Å²) in [5.41, 5.74) is 0. The number of ether oxygens (including phenoxy) is 1. The molecular formula is C13H24N2O2. The van der Waals surface area contributed by atoms with E-state index in [1.807, 2.05) is 6.92 Å². The van der Waals surface area contributed by atoms with E-state index in [9.17, 15) is 4.79 Å². The van der Waals surface area contributed by atoms with E-state index in [4.69, 9.17) is 4.74 Å². The van der Waals surface area contributed by atoms with E-state index in [0.717, 1.165) is 25.3 Å². The van der Waals surface area contributed by atoms with Crippen LogP contribution in [0.5, 0.6) is 0 Å². The predicted octanol–water partition coefficient (Wildman–Crippen LogP) is 1.06. The maximum Gasteiger partial charge on any atom is 0.240 e. The molecule has 2 fully saturated rings. The van der Waals surface area contributed by atoms with E-state index in [1.165, 1.54) is 12.8 Å². The van der Waals surface area contributed by atoms with Gasteiger partial charge in [0.1, 0.15) is 6.04 Å². The number of carbonyl (C=O) groups excluding carboxylic acids is 1. The first-order valence-corrected chi connectivity index (χ1v) is 6.82. The van der Waals surface area contributed by atoms with Gasteiger partial charge in [-0.2, -0.15) is 0 Å². The average Bonchev–Trinajstić information content (AvgIpc) is 2.32. The van der Waals surface area contributed by atoms with Crippen LogP contribution in [0.2, 0.25) is 0 Å². The lowest BCUT2D eigenvalue weighted by molar-refractivity contribution is -0.129. The third kappa shape index (κ3) is 3.42. The van der Waals surface area contributed by atoms with Gasteiger partial charge in [0.2, 0.25) is 5.91 Å². The van der Waals surface area contributed by atoms with E-state index in [2.05, 4.69) is 17.6 Å². The van der Waals surface area contributed by atoms with Crippen LogP contribution in [0.15, 0.2) is 0 Å². The Bertz CT molecular complexity index is 262. The minimum atomic E-state index is -0.178. The monoisotopic (exact) mass is 240 g/mol. The van der Waals surface area contributed by atoms with Gasteiger partial charge in [-0.1, -0.05) is 6.92 Å². The first-order valence-electron chi connectivity index (χ1n) is 6.82. The van der Waals surface area contributed by atoms with Gasteiger partial charge in [0, 0.05) is 12.6 Å². The summed E-state index contributed by atoms with van der Waals surface area (Å²) in [5.74, 6) is 0.926. The number of nitrogens with one attached hydrogen (secondary N) is 2. The fourth-order valence-electron chi connectivity index (χ4n) is 2.72. The molecule has 1 heterocycles. The van der Waals surface area contributed by atoms with Crippen LogP contribution in [0, 0.1) is 5.92 Å². The summed E-state index contributed by atoms with van der Waals surface area (Å²) in [6, 6.07) is 0.192. The van der Waals surface area contributed by atoms with Crippen molar-refractivity contribution < 1.29 is 9.53 Å². The number of carbonyl (C=O) groups is 1. The minimum absolute atomic E-state index is 0.0220.